The zero-order chi connectivity index (χ0) is 15.5. The number of amides is 1. The lowest BCUT2D eigenvalue weighted by Crippen LogP contribution is -2.34. The zero-order valence-electron chi connectivity index (χ0n) is 10.6. The van der Waals surface area contributed by atoms with Crippen molar-refractivity contribution in [2.45, 2.75) is 25.3 Å². The molecule has 2 atom stereocenters. The van der Waals surface area contributed by atoms with Gasteiger partial charge in [0.25, 0.3) is 0 Å². The number of aliphatic hydroxyl groups excluding tert-OH is 2. The van der Waals surface area contributed by atoms with Crippen LogP contribution in [0.5, 0.6) is 0 Å². The molecule has 112 valence electrons. The molecule has 0 aliphatic heterocycles. The van der Waals surface area contributed by atoms with E-state index < -0.39 is 29.9 Å². The molecule has 20 heavy (non-hydrogen) atoms. The Morgan fingerprint density at radius 2 is 2.00 bits per heavy atom. The molecule has 0 radical (unpaired) electrons. The van der Waals surface area contributed by atoms with Gasteiger partial charge in [0.05, 0.1) is 5.56 Å². The first-order chi connectivity index (χ1) is 9.12. The van der Waals surface area contributed by atoms with Gasteiger partial charge in [0, 0.05) is 24.7 Å². The van der Waals surface area contributed by atoms with Gasteiger partial charge in [0.2, 0.25) is 5.91 Å². The standard InChI is InChI=1S/C12H15F3N2O3/c1-6(18)17-5-10(19)11(20)8-3-2-7(4-9(8)16)12(13,14)15/h2-4,10-11,19-20H,5,16H2,1H3,(H,17,18). The molecule has 0 fully saturated rings. The van der Waals surface area contributed by atoms with Crippen LogP contribution in [-0.4, -0.2) is 28.8 Å². The molecule has 5 N–H and O–H groups in total. The highest BCUT2D eigenvalue weighted by Gasteiger charge is 2.31. The number of alkyl halides is 3. The summed E-state index contributed by atoms with van der Waals surface area (Å²) in [5.74, 6) is -0.406. The van der Waals surface area contributed by atoms with E-state index in [9.17, 15) is 28.2 Å². The molecule has 0 aliphatic rings. The molecule has 5 nitrogen and oxygen atoms in total. The van der Waals surface area contributed by atoms with Crippen molar-refractivity contribution in [1.29, 1.82) is 0 Å². The number of carbonyl (C=O) groups excluding carboxylic acids is 1. The van der Waals surface area contributed by atoms with Crippen molar-refractivity contribution in [3.8, 4) is 0 Å². The second-order valence-electron chi connectivity index (χ2n) is 4.29. The number of carbonyl (C=O) groups is 1. The summed E-state index contributed by atoms with van der Waals surface area (Å²) in [4.78, 5) is 10.7. The van der Waals surface area contributed by atoms with E-state index in [1.54, 1.807) is 0 Å². The second-order valence-corrected chi connectivity index (χ2v) is 4.29. The van der Waals surface area contributed by atoms with Crippen LogP contribution in [0.15, 0.2) is 18.2 Å². The summed E-state index contributed by atoms with van der Waals surface area (Å²) in [5, 5.41) is 21.7. The maximum atomic E-state index is 12.5. The van der Waals surface area contributed by atoms with Crippen LogP contribution < -0.4 is 11.1 Å². The molecular weight excluding hydrogens is 277 g/mol. The molecule has 1 rings (SSSR count). The third-order valence-corrected chi connectivity index (χ3v) is 2.66. The summed E-state index contributed by atoms with van der Waals surface area (Å²) in [6.45, 7) is 0.989. The maximum absolute atomic E-state index is 12.5. The Kier molecular flexibility index (Phi) is 4.96. The van der Waals surface area contributed by atoms with Crippen molar-refractivity contribution in [2.75, 3.05) is 12.3 Å². The van der Waals surface area contributed by atoms with Crippen molar-refractivity contribution in [1.82, 2.24) is 5.32 Å². The van der Waals surface area contributed by atoms with Crippen molar-refractivity contribution in [2.24, 2.45) is 0 Å². The Balaban J connectivity index is 2.88. The molecular formula is C12H15F3N2O3. The predicted molar refractivity (Wildman–Crippen MR) is 65.5 cm³/mol. The fraction of sp³-hybridized carbons (Fsp3) is 0.417. The van der Waals surface area contributed by atoms with Crippen LogP contribution in [0.25, 0.3) is 0 Å². The summed E-state index contributed by atoms with van der Waals surface area (Å²) in [7, 11) is 0. The molecule has 0 aromatic heterocycles. The second kappa shape index (κ2) is 6.10. The van der Waals surface area contributed by atoms with E-state index in [2.05, 4.69) is 5.32 Å². The number of hydrogen-bond donors (Lipinski definition) is 4. The van der Waals surface area contributed by atoms with Crippen molar-refractivity contribution < 1.29 is 28.2 Å². The van der Waals surface area contributed by atoms with Crippen LogP contribution in [-0.2, 0) is 11.0 Å². The summed E-state index contributed by atoms with van der Waals surface area (Å²) in [5.41, 5.74) is 4.20. The van der Waals surface area contributed by atoms with Crippen molar-refractivity contribution in [3.63, 3.8) is 0 Å². The molecule has 0 heterocycles. The first-order valence-corrected chi connectivity index (χ1v) is 5.70. The molecule has 1 aromatic carbocycles. The monoisotopic (exact) mass is 292 g/mol. The lowest BCUT2D eigenvalue weighted by molar-refractivity contribution is -0.137. The average Bonchev–Trinajstić information content (AvgIpc) is 2.33. The first kappa shape index (κ1) is 16.3. The highest BCUT2D eigenvalue weighted by atomic mass is 19.4. The fourth-order valence-electron chi connectivity index (χ4n) is 1.59. The van der Waals surface area contributed by atoms with Gasteiger partial charge in [-0.3, -0.25) is 4.79 Å². The van der Waals surface area contributed by atoms with Crippen LogP contribution in [0.2, 0.25) is 0 Å². The molecule has 0 saturated heterocycles. The van der Waals surface area contributed by atoms with E-state index in [1.807, 2.05) is 0 Å². The lowest BCUT2D eigenvalue weighted by Gasteiger charge is -2.20. The first-order valence-electron chi connectivity index (χ1n) is 5.70. The van der Waals surface area contributed by atoms with Gasteiger partial charge in [-0.1, -0.05) is 6.07 Å². The smallest absolute Gasteiger partial charge is 0.398 e. The van der Waals surface area contributed by atoms with Gasteiger partial charge in [-0.15, -0.1) is 0 Å². The third-order valence-electron chi connectivity index (χ3n) is 2.66. The number of halogens is 3. The van der Waals surface area contributed by atoms with Crippen molar-refractivity contribution in [3.05, 3.63) is 29.3 Å². The largest absolute Gasteiger partial charge is 0.416 e. The van der Waals surface area contributed by atoms with Crippen LogP contribution in [0.4, 0.5) is 18.9 Å². The summed E-state index contributed by atoms with van der Waals surface area (Å²) < 4.78 is 37.4. The number of benzene rings is 1. The third kappa shape index (κ3) is 4.10. The molecule has 0 saturated carbocycles. The Bertz CT molecular complexity index is 491. The van der Waals surface area contributed by atoms with E-state index in [4.69, 9.17) is 5.73 Å². The van der Waals surface area contributed by atoms with Crippen LogP contribution in [0.3, 0.4) is 0 Å². The fourth-order valence-corrected chi connectivity index (χ4v) is 1.59. The normalized spacial score (nSPS) is 14.7. The minimum atomic E-state index is -4.54. The lowest BCUT2D eigenvalue weighted by atomic mass is 10.00. The number of nitrogens with one attached hydrogen (secondary N) is 1. The SMILES string of the molecule is CC(=O)NCC(O)C(O)c1ccc(C(F)(F)F)cc1N. The highest BCUT2D eigenvalue weighted by Crippen LogP contribution is 2.33. The molecule has 1 aromatic rings. The van der Waals surface area contributed by atoms with E-state index in [1.165, 1.54) is 6.92 Å². The molecule has 8 heteroatoms. The van der Waals surface area contributed by atoms with E-state index in [0.717, 1.165) is 12.1 Å². The predicted octanol–water partition coefficient (Wildman–Crippen LogP) is 0.818. The number of nitrogen functional groups attached to an aromatic ring is 1. The summed E-state index contributed by atoms with van der Waals surface area (Å²) in [6, 6.07) is 2.45. The molecule has 1 amide bonds. The number of anilines is 1. The Morgan fingerprint density at radius 1 is 1.40 bits per heavy atom. The van der Waals surface area contributed by atoms with Gasteiger partial charge in [0.15, 0.2) is 0 Å². The quantitative estimate of drug-likeness (QED) is 0.618. The summed E-state index contributed by atoms with van der Waals surface area (Å²) >= 11 is 0. The molecule has 0 spiro atoms. The van der Waals surface area contributed by atoms with Crippen LogP contribution >= 0.6 is 0 Å². The maximum Gasteiger partial charge on any atom is 0.416 e. The topological polar surface area (TPSA) is 95.6 Å². The van der Waals surface area contributed by atoms with E-state index in [0.29, 0.717) is 6.07 Å². The average molecular weight is 292 g/mol. The minimum Gasteiger partial charge on any atom is -0.398 e. The zero-order valence-corrected chi connectivity index (χ0v) is 10.6. The van der Waals surface area contributed by atoms with Gasteiger partial charge in [-0.05, 0) is 12.1 Å². The Morgan fingerprint density at radius 3 is 2.45 bits per heavy atom. The van der Waals surface area contributed by atoms with Gasteiger partial charge in [0.1, 0.15) is 12.2 Å². The Labute approximate surface area is 113 Å². The molecule has 0 bridgehead atoms. The van der Waals surface area contributed by atoms with Crippen LogP contribution in [0, 0.1) is 0 Å². The number of rotatable bonds is 4. The van der Waals surface area contributed by atoms with E-state index >= 15 is 0 Å². The van der Waals surface area contributed by atoms with Gasteiger partial charge in [-0.2, -0.15) is 13.2 Å². The number of hydrogen-bond acceptors (Lipinski definition) is 4. The van der Waals surface area contributed by atoms with Gasteiger partial charge in [-0.25, -0.2) is 0 Å². The van der Waals surface area contributed by atoms with E-state index in [-0.39, 0.29) is 17.8 Å². The van der Waals surface area contributed by atoms with Gasteiger partial charge >= 0.3 is 6.18 Å². The Hall–Kier alpha value is -1.80. The summed E-state index contributed by atoms with van der Waals surface area (Å²) in [6.07, 6.45) is -7.41. The van der Waals surface area contributed by atoms with Gasteiger partial charge < -0.3 is 21.3 Å². The van der Waals surface area contributed by atoms with Crippen molar-refractivity contribution >= 4 is 11.6 Å². The molecule has 0 aliphatic carbocycles. The van der Waals surface area contributed by atoms with Crippen LogP contribution in [0.1, 0.15) is 24.2 Å². The highest BCUT2D eigenvalue weighted by molar-refractivity contribution is 5.72. The number of aliphatic hydroxyl groups is 2. The molecule has 2 unspecified atom stereocenters. The minimum absolute atomic E-state index is 0.0316. The number of nitrogens with two attached hydrogens (primary N) is 1.